The summed E-state index contributed by atoms with van der Waals surface area (Å²) >= 11 is 3.33. The summed E-state index contributed by atoms with van der Waals surface area (Å²) < 4.78 is 11.0. The van der Waals surface area contributed by atoms with E-state index in [0.29, 0.717) is 21.4 Å². The van der Waals surface area contributed by atoms with Gasteiger partial charge in [-0.05, 0) is 35.0 Å². The van der Waals surface area contributed by atoms with Crippen LogP contribution < -0.4 is 4.74 Å². The third-order valence-corrected chi connectivity index (χ3v) is 3.18. The van der Waals surface area contributed by atoms with Crippen LogP contribution in [0.25, 0.3) is 11.0 Å². The first-order chi connectivity index (χ1) is 7.56. The van der Waals surface area contributed by atoms with E-state index in [1.165, 1.54) is 0 Å². The van der Waals surface area contributed by atoms with Crippen molar-refractivity contribution in [3.8, 4) is 5.75 Å². The fourth-order valence-corrected chi connectivity index (χ4v) is 2.18. The van der Waals surface area contributed by atoms with Gasteiger partial charge in [0.25, 0.3) is 0 Å². The molecule has 0 saturated carbocycles. The maximum absolute atomic E-state index is 10.9. The van der Waals surface area contributed by atoms with E-state index in [-0.39, 0.29) is 5.76 Å². The summed E-state index contributed by atoms with van der Waals surface area (Å²) in [5, 5.41) is 9.71. The Morgan fingerprint density at radius 3 is 2.75 bits per heavy atom. The van der Waals surface area contributed by atoms with Gasteiger partial charge in [0.1, 0.15) is 10.2 Å². The number of ether oxygens (including phenoxy) is 1. The molecular weight excluding hydrogens is 276 g/mol. The molecule has 2 rings (SSSR count). The van der Waals surface area contributed by atoms with Crippen LogP contribution in [0.2, 0.25) is 0 Å². The summed E-state index contributed by atoms with van der Waals surface area (Å²) in [7, 11) is 1.54. The molecule has 0 bridgehead atoms. The highest BCUT2D eigenvalue weighted by Gasteiger charge is 2.19. The van der Waals surface area contributed by atoms with Crippen molar-refractivity contribution in [2.24, 2.45) is 0 Å². The lowest BCUT2D eigenvalue weighted by atomic mass is 10.1. The van der Waals surface area contributed by atoms with E-state index in [9.17, 15) is 4.79 Å². The molecule has 0 spiro atoms. The molecule has 1 aromatic carbocycles. The Morgan fingerprint density at radius 2 is 2.19 bits per heavy atom. The molecule has 1 aromatic heterocycles. The number of furan rings is 1. The summed E-state index contributed by atoms with van der Waals surface area (Å²) in [6.45, 7) is 1.72. The van der Waals surface area contributed by atoms with E-state index < -0.39 is 5.97 Å². The molecule has 84 valence electrons. The van der Waals surface area contributed by atoms with Crippen molar-refractivity contribution < 1.29 is 19.1 Å². The molecule has 1 N–H and O–H groups in total. The molecule has 0 aliphatic carbocycles. The molecule has 2 aromatic rings. The molecule has 1 heterocycles. The zero-order valence-corrected chi connectivity index (χ0v) is 10.3. The van der Waals surface area contributed by atoms with Crippen LogP contribution in [0.15, 0.2) is 21.0 Å². The average Bonchev–Trinajstić information content (AvgIpc) is 2.58. The summed E-state index contributed by atoms with van der Waals surface area (Å²) in [6.07, 6.45) is 0. The Kier molecular flexibility index (Phi) is 2.63. The number of aromatic carboxylic acids is 1. The maximum atomic E-state index is 10.9. The largest absolute Gasteiger partial charge is 0.495 e. The Hall–Kier alpha value is -1.49. The van der Waals surface area contributed by atoms with Crippen molar-refractivity contribution in [3.63, 3.8) is 0 Å². The van der Waals surface area contributed by atoms with Gasteiger partial charge < -0.3 is 14.3 Å². The van der Waals surface area contributed by atoms with Crippen LogP contribution in [0, 0.1) is 6.92 Å². The van der Waals surface area contributed by atoms with E-state index in [4.69, 9.17) is 14.3 Å². The monoisotopic (exact) mass is 284 g/mol. The number of hydrogen-bond acceptors (Lipinski definition) is 3. The van der Waals surface area contributed by atoms with Gasteiger partial charge in [0.2, 0.25) is 5.76 Å². The number of rotatable bonds is 2. The standard InChI is InChI=1S/C11H9BrO4/c1-5-6-3-4-7(15-2)8(12)10(6)16-9(5)11(13)14/h3-4H,1-2H3,(H,13,14). The topological polar surface area (TPSA) is 59.7 Å². The maximum Gasteiger partial charge on any atom is 0.372 e. The van der Waals surface area contributed by atoms with Crippen molar-refractivity contribution in [2.45, 2.75) is 6.92 Å². The van der Waals surface area contributed by atoms with Crippen molar-refractivity contribution in [1.82, 2.24) is 0 Å². The van der Waals surface area contributed by atoms with Crippen molar-refractivity contribution in [3.05, 3.63) is 27.9 Å². The molecule has 16 heavy (non-hydrogen) atoms. The minimum absolute atomic E-state index is 0.0380. The molecule has 5 heteroatoms. The average molecular weight is 285 g/mol. The molecule has 0 aliphatic heterocycles. The zero-order chi connectivity index (χ0) is 11.9. The molecule has 0 amide bonds. The smallest absolute Gasteiger partial charge is 0.372 e. The molecular formula is C11H9BrO4. The highest BCUT2D eigenvalue weighted by Crippen LogP contribution is 2.37. The quantitative estimate of drug-likeness (QED) is 0.920. The van der Waals surface area contributed by atoms with Gasteiger partial charge in [-0.2, -0.15) is 0 Å². The van der Waals surface area contributed by atoms with Gasteiger partial charge >= 0.3 is 5.97 Å². The molecule has 0 aliphatic rings. The number of carboxylic acid groups (broad SMARTS) is 1. The van der Waals surface area contributed by atoms with E-state index in [0.717, 1.165) is 5.39 Å². The highest BCUT2D eigenvalue weighted by molar-refractivity contribution is 9.10. The Morgan fingerprint density at radius 1 is 1.50 bits per heavy atom. The van der Waals surface area contributed by atoms with Gasteiger partial charge in [-0.3, -0.25) is 0 Å². The van der Waals surface area contributed by atoms with E-state index in [1.807, 2.05) is 0 Å². The fraction of sp³-hybridized carbons (Fsp3) is 0.182. The highest BCUT2D eigenvalue weighted by atomic mass is 79.9. The summed E-state index contributed by atoms with van der Waals surface area (Å²) in [5.74, 6) is -0.498. The summed E-state index contributed by atoms with van der Waals surface area (Å²) in [5.41, 5.74) is 1.11. The normalized spacial score (nSPS) is 10.7. The van der Waals surface area contributed by atoms with Crippen LogP contribution in [-0.2, 0) is 0 Å². The predicted octanol–water partition coefficient (Wildman–Crippen LogP) is 3.21. The van der Waals surface area contributed by atoms with Crippen LogP contribution in [0.5, 0.6) is 5.75 Å². The summed E-state index contributed by atoms with van der Waals surface area (Å²) in [4.78, 5) is 10.9. The molecule has 0 atom stereocenters. The molecule has 0 fully saturated rings. The number of benzene rings is 1. The van der Waals surface area contributed by atoms with Gasteiger partial charge in [-0.25, -0.2) is 4.79 Å². The second-order valence-corrected chi connectivity index (χ2v) is 4.11. The van der Waals surface area contributed by atoms with Crippen LogP contribution in [0.3, 0.4) is 0 Å². The van der Waals surface area contributed by atoms with Gasteiger partial charge in [-0.1, -0.05) is 0 Å². The predicted molar refractivity (Wildman–Crippen MR) is 62.2 cm³/mol. The number of methoxy groups -OCH3 is 1. The SMILES string of the molecule is COc1ccc2c(C)c(C(=O)O)oc2c1Br. The minimum Gasteiger partial charge on any atom is -0.495 e. The third kappa shape index (κ3) is 1.48. The van der Waals surface area contributed by atoms with Crippen molar-refractivity contribution in [1.29, 1.82) is 0 Å². The van der Waals surface area contributed by atoms with Crippen LogP contribution in [0.4, 0.5) is 0 Å². The van der Waals surface area contributed by atoms with Crippen LogP contribution >= 0.6 is 15.9 Å². The molecule has 4 nitrogen and oxygen atoms in total. The number of fused-ring (bicyclic) bond motifs is 1. The van der Waals surface area contributed by atoms with E-state index in [1.54, 1.807) is 26.2 Å². The molecule has 0 radical (unpaired) electrons. The molecule has 0 saturated heterocycles. The number of hydrogen-bond donors (Lipinski definition) is 1. The first-order valence-corrected chi connectivity index (χ1v) is 5.34. The third-order valence-electron chi connectivity index (χ3n) is 2.42. The van der Waals surface area contributed by atoms with Gasteiger partial charge in [0.05, 0.1) is 7.11 Å². The minimum atomic E-state index is -1.07. The second-order valence-electron chi connectivity index (χ2n) is 3.32. The van der Waals surface area contributed by atoms with Crippen molar-refractivity contribution in [2.75, 3.05) is 7.11 Å². The van der Waals surface area contributed by atoms with Crippen molar-refractivity contribution >= 4 is 32.9 Å². The van der Waals surface area contributed by atoms with E-state index in [2.05, 4.69) is 15.9 Å². The lowest BCUT2D eigenvalue weighted by molar-refractivity contribution is 0.0664. The first kappa shape index (κ1) is 11.0. The van der Waals surface area contributed by atoms with Crippen LogP contribution in [-0.4, -0.2) is 18.2 Å². The molecule has 0 unspecified atom stereocenters. The number of carboxylic acids is 1. The lowest BCUT2D eigenvalue weighted by Crippen LogP contribution is -1.94. The van der Waals surface area contributed by atoms with Gasteiger partial charge in [0.15, 0.2) is 5.58 Å². The van der Waals surface area contributed by atoms with Gasteiger partial charge in [0, 0.05) is 10.9 Å². The van der Waals surface area contributed by atoms with Gasteiger partial charge in [-0.15, -0.1) is 0 Å². The zero-order valence-electron chi connectivity index (χ0n) is 8.70. The fourth-order valence-electron chi connectivity index (χ4n) is 1.60. The Bertz CT molecular complexity index is 571. The Labute approximate surface area is 99.9 Å². The van der Waals surface area contributed by atoms with E-state index >= 15 is 0 Å². The number of carbonyl (C=O) groups is 1. The lowest BCUT2D eigenvalue weighted by Gasteiger charge is -2.02. The van der Waals surface area contributed by atoms with Crippen LogP contribution in [0.1, 0.15) is 16.1 Å². The number of aryl methyl sites for hydroxylation is 1. The second kappa shape index (κ2) is 3.83. The number of halogens is 1. The summed E-state index contributed by atoms with van der Waals surface area (Å²) in [6, 6.07) is 3.55. The Balaban J connectivity index is 2.81. The first-order valence-electron chi connectivity index (χ1n) is 4.55.